The molecule has 5 heteroatoms. The maximum absolute atomic E-state index is 12.2. The third-order valence-corrected chi connectivity index (χ3v) is 2.79. The number of ketones is 1. The number of nitrogens with zero attached hydrogens (tertiary/aromatic N) is 3. The first-order chi connectivity index (χ1) is 8.60. The minimum atomic E-state index is 0.0321. The van der Waals surface area contributed by atoms with Gasteiger partial charge in [-0.3, -0.25) is 4.79 Å². The minimum absolute atomic E-state index is 0.0321. The number of aryl methyl sites for hydroxylation is 2. The van der Waals surface area contributed by atoms with Crippen molar-refractivity contribution in [2.24, 2.45) is 5.73 Å². The van der Waals surface area contributed by atoms with Gasteiger partial charge in [-0.2, -0.15) is 0 Å². The first-order valence-electron chi connectivity index (χ1n) is 5.79. The van der Waals surface area contributed by atoms with E-state index >= 15 is 0 Å². The van der Waals surface area contributed by atoms with Gasteiger partial charge in [0.25, 0.3) is 0 Å². The number of benzene rings is 1. The van der Waals surface area contributed by atoms with Crippen LogP contribution in [-0.4, -0.2) is 20.8 Å². The molecule has 2 rings (SSSR count). The maximum Gasteiger partial charge on any atom is 0.184 e. The van der Waals surface area contributed by atoms with Gasteiger partial charge in [-0.15, -0.1) is 5.10 Å². The fourth-order valence-corrected chi connectivity index (χ4v) is 1.78. The van der Waals surface area contributed by atoms with Crippen molar-refractivity contribution in [3.05, 3.63) is 46.8 Å². The topological polar surface area (TPSA) is 73.8 Å². The molecule has 94 valence electrons. The van der Waals surface area contributed by atoms with Crippen LogP contribution >= 0.6 is 0 Å². The lowest BCUT2D eigenvalue weighted by molar-refractivity contribution is 0.0966. The van der Waals surface area contributed by atoms with Crippen LogP contribution in [-0.2, 0) is 13.1 Å². The molecule has 0 saturated heterocycles. The van der Waals surface area contributed by atoms with Gasteiger partial charge in [-0.25, -0.2) is 4.68 Å². The molecule has 1 aromatic heterocycles. The van der Waals surface area contributed by atoms with Gasteiger partial charge in [0.15, 0.2) is 5.78 Å². The number of carbonyl (C=O) groups excluding carboxylic acids is 1. The highest BCUT2D eigenvalue weighted by atomic mass is 16.1. The second kappa shape index (κ2) is 5.10. The van der Waals surface area contributed by atoms with Crippen LogP contribution in [0.1, 0.15) is 27.2 Å². The second-order valence-corrected chi connectivity index (χ2v) is 4.35. The van der Waals surface area contributed by atoms with E-state index < -0.39 is 0 Å². The van der Waals surface area contributed by atoms with Crippen molar-refractivity contribution >= 4 is 5.78 Å². The molecule has 0 aliphatic heterocycles. The lowest BCUT2D eigenvalue weighted by Gasteiger charge is -2.05. The molecule has 0 atom stereocenters. The lowest BCUT2D eigenvalue weighted by atomic mass is 10.0. The highest BCUT2D eigenvalue weighted by Crippen LogP contribution is 2.12. The molecule has 1 aromatic carbocycles. The summed E-state index contributed by atoms with van der Waals surface area (Å²) >= 11 is 0. The van der Waals surface area contributed by atoms with Crippen LogP contribution in [0.15, 0.2) is 24.4 Å². The average molecular weight is 244 g/mol. The van der Waals surface area contributed by atoms with Gasteiger partial charge in [-0.05, 0) is 25.5 Å². The minimum Gasteiger partial charge on any atom is -0.325 e. The van der Waals surface area contributed by atoms with Crippen LogP contribution in [0.5, 0.6) is 0 Å². The number of hydrogen-bond donors (Lipinski definition) is 1. The van der Waals surface area contributed by atoms with E-state index in [1.54, 1.807) is 6.20 Å². The van der Waals surface area contributed by atoms with E-state index in [1.807, 2.05) is 32.0 Å². The quantitative estimate of drug-likeness (QED) is 0.821. The number of hydrogen-bond acceptors (Lipinski definition) is 4. The highest BCUT2D eigenvalue weighted by molar-refractivity contribution is 5.97. The maximum atomic E-state index is 12.2. The Bertz CT molecular complexity index is 574. The second-order valence-electron chi connectivity index (χ2n) is 4.35. The first kappa shape index (κ1) is 12.4. The molecule has 0 radical (unpaired) electrons. The van der Waals surface area contributed by atoms with Gasteiger partial charge in [0.1, 0.15) is 6.54 Å². The van der Waals surface area contributed by atoms with Crippen LogP contribution in [0.3, 0.4) is 0 Å². The van der Waals surface area contributed by atoms with Crippen molar-refractivity contribution in [3.8, 4) is 0 Å². The zero-order valence-corrected chi connectivity index (χ0v) is 10.6. The summed E-state index contributed by atoms with van der Waals surface area (Å²) in [5.74, 6) is 0.0321. The standard InChI is InChI=1S/C13H16N4O/c1-9-3-4-10(2)12(5-9)13(18)8-17-7-11(6-14)15-16-17/h3-5,7H,6,8,14H2,1-2H3. The van der Waals surface area contributed by atoms with Crippen LogP contribution in [0.4, 0.5) is 0 Å². The summed E-state index contributed by atoms with van der Waals surface area (Å²) in [6, 6.07) is 5.85. The molecule has 0 spiro atoms. The van der Waals surface area contributed by atoms with Crippen LogP contribution < -0.4 is 5.73 Å². The van der Waals surface area contributed by atoms with Crippen molar-refractivity contribution in [1.82, 2.24) is 15.0 Å². The highest BCUT2D eigenvalue weighted by Gasteiger charge is 2.11. The van der Waals surface area contributed by atoms with Gasteiger partial charge in [0.2, 0.25) is 0 Å². The molecule has 0 amide bonds. The normalized spacial score (nSPS) is 10.6. The molecule has 0 aliphatic rings. The monoisotopic (exact) mass is 244 g/mol. The van der Waals surface area contributed by atoms with E-state index in [4.69, 9.17) is 5.73 Å². The van der Waals surface area contributed by atoms with Crippen molar-refractivity contribution in [2.75, 3.05) is 0 Å². The van der Waals surface area contributed by atoms with Crippen LogP contribution in [0, 0.1) is 13.8 Å². The molecular weight excluding hydrogens is 228 g/mol. The van der Waals surface area contributed by atoms with Crippen molar-refractivity contribution in [3.63, 3.8) is 0 Å². The predicted molar refractivity (Wildman–Crippen MR) is 68.2 cm³/mol. The largest absolute Gasteiger partial charge is 0.325 e. The smallest absolute Gasteiger partial charge is 0.184 e. The summed E-state index contributed by atoms with van der Waals surface area (Å²) in [6.07, 6.45) is 1.70. The van der Waals surface area contributed by atoms with Crippen molar-refractivity contribution < 1.29 is 4.79 Å². The lowest BCUT2D eigenvalue weighted by Crippen LogP contribution is -2.12. The van der Waals surface area contributed by atoms with E-state index in [1.165, 1.54) is 4.68 Å². The molecule has 0 saturated carbocycles. The average Bonchev–Trinajstić information content (AvgIpc) is 2.80. The Kier molecular flexibility index (Phi) is 3.53. The van der Waals surface area contributed by atoms with E-state index in [-0.39, 0.29) is 12.3 Å². The molecule has 0 fully saturated rings. The van der Waals surface area contributed by atoms with Crippen LogP contribution in [0.2, 0.25) is 0 Å². The molecule has 2 N–H and O–H groups in total. The summed E-state index contributed by atoms with van der Waals surface area (Å²) in [5.41, 5.74) is 8.92. The number of nitrogens with two attached hydrogens (primary N) is 1. The summed E-state index contributed by atoms with van der Waals surface area (Å²) < 4.78 is 1.52. The van der Waals surface area contributed by atoms with E-state index in [2.05, 4.69) is 10.3 Å². The Hall–Kier alpha value is -2.01. The van der Waals surface area contributed by atoms with Crippen LogP contribution in [0.25, 0.3) is 0 Å². The zero-order valence-electron chi connectivity index (χ0n) is 10.6. The molecule has 0 unspecified atom stereocenters. The fraction of sp³-hybridized carbons (Fsp3) is 0.308. The molecule has 1 heterocycles. The SMILES string of the molecule is Cc1ccc(C)c(C(=O)Cn2cc(CN)nn2)c1. The Morgan fingerprint density at radius 3 is 2.83 bits per heavy atom. The first-order valence-corrected chi connectivity index (χ1v) is 5.79. The summed E-state index contributed by atoms with van der Waals surface area (Å²) in [7, 11) is 0. The van der Waals surface area contributed by atoms with Gasteiger partial charge >= 0.3 is 0 Å². The Balaban J connectivity index is 2.19. The number of carbonyl (C=O) groups is 1. The Morgan fingerprint density at radius 1 is 1.39 bits per heavy atom. The van der Waals surface area contributed by atoms with E-state index in [0.717, 1.165) is 16.7 Å². The third kappa shape index (κ3) is 2.62. The molecule has 2 aromatic rings. The number of Topliss-reactive ketones (excluding diaryl/α,β-unsaturated/α-hetero) is 1. The molecule has 18 heavy (non-hydrogen) atoms. The fourth-order valence-electron chi connectivity index (χ4n) is 1.78. The Morgan fingerprint density at radius 2 is 2.17 bits per heavy atom. The van der Waals surface area contributed by atoms with Crippen molar-refractivity contribution in [1.29, 1.82) is 0 Å². The van der Waals surface area contributed by atoms with E-state index in [0.29, 0.717) is 12.2 Å². The van der Waals surface area contributed by atoms with Gasteiger partial charge in [0.05, 0.1) is 11.9 Å². The van der Waals surface area contributed by atoms with Gasteiger partial charge in [-0.1, -0.05) is 22.9 Å². The molecular formula is C13H16N4O. The summed E-state index contributed by atoms with van der Waals surface area (Å²) in [4.78, 5) is 12.2. The summed E-state index contributed by atoms with van der Waals surface area (Å²) in [6.45, 7) is 4.42. The third-order valence-electron chi connectivity index (χ3n) is 2.79. The predicted octanol–water partition coefficient (Wildman–Crippen LogP) is 1.24. The van der Waals surface area contributed by atoms with Gasteiger partial charge < -0.3 is 5.73 Å². The Labute approximate surface area is 106 Å². The number of aromatic nitrogens is 3. The van der Waals surface area contributed by atoms with Crippen molar-refractivity contribution in [2.45, 2.75) is 26.9 Å². The zero-order chi connectivity index (χ0) is 13.1. The number of rotatable bonds is 4. The molecule has 5 nitrogen and oxygen atoms in total. The summed E-state index contributed by atoms with van der Waals surface area (Å²) in [5, 5.41) is 7.73. The molecule has 0 bridgehead atoms. The van der Waals surface area contributed by atoms with E-state index in [9.17, 15) is 4.79 Å². The molecule has 0 aliphatic carbocycles. The van der Waals surface area contributed by atoms with Gasteiger partial charge in [0, 0.05) is 12.1 Å².